The lowest BCUT2D eigenvalue weighted by atomic mass is 9.97. The first kappa shape index (κ1) is 24.5. The van der Waals surface area contributed by atoms with Gasteiger partial charge in [0.05, 0.1) is 31.9 Å². The number of nitro groups is 1. The molecule has 0 aliphatic heterocycles. The number of para-hydroxylation sites is 2. The zero-order valence-electron chi connectivity index (χ0n) is 20.2. The molecule has 0 N–H and O–H groups in total. The molecule has 1 aliphatic carbocycles. The Morgan fingerprint density at radius 3 is 2.46 bits per heavy atom. The van der Waals surface area contributed by atoms with Gasteiger partial charge in [0, 0.05) is 23.6 Å². The average molecular weight is 496 g/mol. The molecule has 8 nitrogen and oxygen atoms in total. The van der Waals surface area contributed by atoms with E-state index in [9.17, 15) is 10.1 Å². The van der Waals surface area contributed by atoms with Crippen LogP contribution in [0.1, 0.15) is 32.1 Å². The number of benzene rings is 2. The maximum Gasteiger partial charge on any atom is 0.294 e. The molecule has 1 aromatic heterocycles. The van der Waals surface area contributed by atoms with E-state index < -0.39 is 4.92 Å². The summed E-state index contributed by atoms with van der Waals surface area (Å²) in [6, 6.07) is 10.4. The van der Waals surface area contributed by atoms with E-state index in [0.717, 1.165) is 30.5 Å². The smallest absolute Gasteiger partial charge is 0.294 e. The van der Waals surface area contributed by atoms with Gasteiger partial charge in [-0.25, -0.2) is 4.99 Å². The van der Waals surface area contributed by atoms with Crippen molar-refractivity contribution < 1.29 is 19.1 Å². The van der Waals surface area contributed by atoms with E-state index in [1.54, 1.807) is 39.5 Å². The second-order valence-corrected chi connectivity index (χ2v) is 9.02. The molecule has 4 rings (SSSR count). The fourth-order valence-electron chi connectivity index (χ4n) is 4.30. The van der Waals surface area contributed by atoms with Crippen molar-refractivity contribution in [1.82, 2.24) is 4.57 Å². The van der Waals surface area contributed by atoms with Gasteiger partial charge in [-0.1, -0.05) is 23.8 Å². The van der Waals surface area contributed by atoms with Gasteiger partial charge in [-0.3, -0.25) is 10.1 Å². The molecule has 9 heteroatoms. The maximum atomic E-state index is 11.6. The summed E-state index contributed by atoms with van der Waals surface area (Å²) < 4.78 is 18.7. The van der Waals surface area contributed by atoms with Crippen LogP contribution in [0.15, 0.2) is 58.4 Å². The minimum absolute atomic E-state index is 0.0169. The summed E-state index contributed by atoms with van der Waals surface area (Å²) in [5, 5.41) is 13.6. The number of methoxy groups -OCH3 is 3. The van der Waals surface area contributed by atoms with Crippen LogP contribution in [0.4, 0.5) is 11.4 Å². The Balaban J connectivity index is 1.85. The molecule has 0 amide bonds. The highest BCUT2D eigenvalue weighted by Gasteiger charge is 2.18. The molecule has 1 aliphatic rings. The van der Waals surface area contributed by atoms with Crippen molar-refractivity contribution in [3.63, 3.8) is 0 Å². The second kappa shape index (κ2) is 11.2. The van der Waals surface area contributed by atoms with E-state index in [1.165, 1.54) is 35.8 Å². The Morgan fingerprint density at radius 2 is 1.83 bits per heavy atom. The highest BCUT2D eigenvalue weighted by molar-refractivity contribution is 7.07. The van der Waals surface area contributed by atoms with Crippen LogP contribution in [0, 0.1) is 10.1 Å². The van der Waals surface area contributed by atoms with E-state index in [2.05, 4.69) is 10.6 Å². The lowest BCUT2D eigenvalue weighted by molar-refractivity contribution is -0.384. The summed E-state index contributed by atoms with van der Waals surface area (Å²) in [6.45, 7) is 0.709. The average Bonchev–Trinajstić information content (AvgIpc) is 3.29. The summed E-state index contributed by atoms with van der Waals surface area (Å²) in [5.41, 5.74) is 3.58. The first-order chi connectivity index (χ1) is 17.0. The number of aromatic nitrogens is 1. The van der Waals surface area contributed by atoms with Crippen LogP contribution in [-0.2, 0) is 6.54 Å². The van der Waals surface area contributed by atoms with Crippen molar-refractivity contribution in [1.29, 1.82) is 0 Å². The number of allylic oxidation sites excluding steroid dienone is 2. The predicted molar refractivity (Wildman–Crippen MR) is 137 cm³/mol. The van der Waals surface area contributed by atoms with Gasteiger partial charge >= 0.3 is 0 Å². The highest BCUT2D eigenvalue weighted by atomic mass is 32.1. The van der Waals surface area contributed by atoms with Crippen molar-refractivity contribution in [3.8, 4) is 28.5 Å². The summed E-state index contributed by atoms with van der Waals surface area (Å²) in [7, 11) is 4.76. The number of ether oxygens (including phenoxy) is 3. The highest BCUT2D eigenvalue weighted by Crippen LogP contribution is 2.41. The van der Waals surface area contributed by atoms with E-state index in [0.29, 0.717) is 34.3 Å². The van der Waals surface area contributed by atoms with Gasteiger partial charge in [-0.2, -0.15) is 0 Å². The SMILES string of the molecule is COc1cc(-c2csc(=Nc3ccccc3[N+](=O)[O-])n2CCC2=CCCCC2)cc(OC)c1OC. The Labute approximate surface area is 208 Å². The van der Waals surface area contributed by atoms with Crippen LogP contribution in [0.3, 0.4) is 0 Å². The van der Waals surface area contributed by atoms with Crippen LogP contribution in [-0.4, -0.2) is 30.8 Å². The molecule has 0 unspecified atom stereocenters. The molecule has 0 bridgehead atoms. The molecule has 0 saturated carbocycles. The van der Waals surface area contributed by atoms with E-state index in [1.807, 2.05) is 17.5 Å². The molecule has 3 aromatic rings. The van der Waals surface area contributed by atoms with Crippen LogP contribution in [0.2, 0.25) is 0 Å². The molecule has 0 radical (unpaired) electrons. The first-order valence-electron chi connectivity index (χ1n) is 11.5. The molecule has 2 aromatic carbocycles. The minimum Gasteiger partial charge on any atom is -0.493 e. The van der Waals surface area contributed by atoms with Gasteiger partial charge in [0.2, 0.25) is 5.75 Å². The predicted octanol–water partition coefficient (Wildman–Crippen LogP) is 6.27. The van der Waals surface area contributed by atoms with Gasteiger partial charge < -0.3 is 18.8 Å². The Hall–Kier alpha value is -3.59. The monoisotopic (exact) mass is 495 g/mol. The Morgan fingerprint density at radius 1 is 1.09 bits per heavy atom. The number of thiazole rings is 1. The molecular weight excluding hydrogens is 466 g/mol. The first-order valence-corrected chi connectivity index (χ1v) is 12.4. The zero-order valence-corrected chi connectivity index (χ0v) is 21.0. The van der Waals surface area contributed by atoms with Gasteiger partial charge in [0.25, 0.3) is 5.69 Å². The summed E-state index contributed by atoms with van der Waals surface area (Å²) in [4.78, 5) is 16.6. The maximum absolute atomic E-state index is 11.6. The van der Waals surface area contributed by atoms with Crippen LogP contribution >= 0.6 is 11.3 Å². The largest absolute Gasteiger partial charge is 0.493 e. The molecular formula is C26H29N3O5S. The number of nitro benzene ring substituents is 1. The van der Waals surface area contributed by atoms with Gasteiger partial charge in [0.1, 0.15) is 5.69 Å². The minimum atomic E-state index is -0.399. The molecule has 184 valence electrons. The number of rotatable bonds is 9. The summed E-state index contributed by atoms with van der Waals surface area (Å²) in [5.74, 6) is 1.65. The Kier molecular flexibility index (Phi) is 7.87. The van der Waals surface area contributed by atoms with Crippen LogP contribution in [0.25, 0.3) is 11.3 Å². The molecule has 0 spiro atoms. The standard InChI is InChI=1S/C26H29N3O5S/c1-32-23-15-19(16-24(33-2)25(23)34-3)22-17-35-26(27-20-11-7-8-12-21(20)29(30)31)28(22)14-13-18-9-5-4-6-10-18/h7-9,11-12,15-17H,4-6,10,13-14H2,1-3H3. The second-order valence-electron chi connectivity index (χ2n) is 8.18. The van der Waals surface area contributed by atoms with Crippen molar-refractivity contribution in [2.75, 3.05) is 21.3 Å². The summed E-state index contributed by atoms with van der Waals surface area (Å²) in [6.07, 6.45) is 7.93. The van der Waals surface area contributed by atoms with Crippen molar-refractivity contribution in [2.45, 2.75) is 38.6 Å². The van der Waals surface area contributed by atoms with Gasteiger partial charge in [0.15, 0.2) is 16.3 Å². The van der Waals surface area contributed by atoms with E-state index in [-0.39, 0.29) is 5.69 Å². The van der Waals surface area contributed by atoms with E-state index >= 15 is 0 Å². The van der Waals surface area contributed by atoms with Crippen molar-refractivity contribution in [2.24, 2.45) is 4.99 Å². The third-order valence-electron chi connectivity index (χ3n) is 6.09. The lowest BCUT2D eigenvalue weighted by Gasteiger charge is -2.17. The molecule has 0 atom stereocenters. The summed E-state index contributed by atoms with van der Waals surface area (Å²) >= 11 is 1.45. The lowest BCUT2D eigenvalue weighted by Crippen LogP contribution is -2.17. The molecule has 1 heterocycles. The van der Waals surface area contributed by atoms with Crippen LogP contribution in [0.5, 0.6) is 17.2 Å². The van der Waals surface area contributed by atoms with E-state index in [4.69, 9.17) is 19.2 Å². The zero-order chi connectivity index (χ0) is 24.8. The quantitative estimate of drug-likeness (QED) is 0.198. The number of hydrogen-bond acceptors (Lipinski definition) is 7. The van der Waals surface area contributed by atoms with Crippen LogP contribution < -0.4 is 19.0 Å². The topological polar surface area (TPSA) is 88.1 Å². The molecule has 0 fully saturated rings. The molecule has 0 saturated heterocycles. The van der Waals surface area contributed by atoms with Gasteiger partial charge in [-0.05, 0) is 50.3 Å². The number of nitrogens with zero attached hydrogens (tertiary/aromatic N) is 3. The fraction of sp³-hybridized carbons (Fsp3) is 0.346. The van der Waals surface area contributed by atoms with Gasteiger partial charge in [-0.15, -0.1) is 11.3 Å². The third kappa shape index (κ3) is 5.40. The van der Waals surface area contributed by atoms with Crippen molar-refractivity contribution in [3.05, 3.63) is 68.3 Å². The van der Waals surface area contributed by atoms with Crippen molar-refractivity contribution >= 4 is 22.7 Å². The third-order valence-corrected chi connectivity index (χ3v) is 6.96. The number of hydrogen-bond donors (Lipinski definition) is 0. The fourth-order valence-corrected chi connectivity index (χ4v) is 5.25. The Bertz CT molecular complexity index is 1280. The molecule has 35 heavy (non-hydrogen) atoms. The normalized spacial score (nSPS) is 13.9.